The largest absolute Gasteiger partial charge is 0.393 e. The van der Waals surface area contributed by atoms with E-state index < -0.39 is 4.92 Å². The van der Waals surface area contributed by atoms with Crippen LogP contribution in [0.25, 0.3) is 0 Å². The van der Waals surface area contributed by atoms with Gasteiger partial charge in [-0.3, -0.25) is 15.0 Å². The molecular weight excluding hydrogens is 218 g/mol. The van der Waals surface area contributed by atoms with Crippen LogP contribution in [-0.2, 0) is 6.54 Å². The molecule has 0 aromatic heterocycles. The Hall–Kier alpha value is -1.62. The zero-order valence-electron chi connectivity index (χ0n) is 9.98. The van der Waals surface area contributed by atoms with Crippen molar-refractivity contribution in [3.05, 3.63) is 33.4 Å². The Kier molecular flexibility index (Phi) is 3.28. The van der Waals surface area contributed by atoms with Gasteiger partial charge in [-0.15, -0.1) is 0 Å². The molecule has 0 atom stereocenters. The van der Waals surface area contributed by atoms with Gasteiger partial charge in [0.1, 0.15) is 5.69 Å². The number of aryl methyl sites for hydroxylation is 1. The molecule has 2 N–H and O–H groups in total. The molecule has 1 fully saturated rings. The van der Waals surface area contributed by atoms with Crippen LogP contribution in [0.15, 0.2) is 12.1 Å². The molecule has 1 aliphatic heterocycles. The summed E-state index contributed by atoms with van der Waals surface area (Å²) in [5.74, 6) is 0. The Morgan fingerprint density at radius 1 is 1.41 bits per heavy atom. The average Bonchev–Trinajstić information content (AvgIpc) is 2.76. The topological polar surface area (TPSA) is 72.4 Å². The van der Waals surface area contributed by atoms with E-state index in [-0.39, 0.29) is 5.69 Å². The molecule has 0 amide bonds. The van der Waals surface area contributed by atoms with Crippen molar-refractivity contribution < 1.29 is 4.92 Å². The quantitative estimate of drug-likeness (QED) is 0.494. The van der Waals surface area contributed by atoms with Crippen LogP contribution in [-0.4, -0.2) is 22.9 Å². The lowest BCUT2D eigenvalue weighted by Crippen LogP contribution is -2.20. The average molecular weight is 235 g/mol. The molecular formula is C12H17N3O2. The lowest BCUT2D eigenvalue weighted by Gasteiger charge is -2.17. The molecule has 17 heavy (non-hydrogen) atoms. The van der Waals surface area contributed by atoms with Crippen molar-refractivity contribution in [2.45, 2.75) is 26.3 Å². The number of likely N-dealkylation sites (tertiary alicyclic amines) is 1. The molecule has 0 radical (unpaired) electrons. The first kappa shape index (κ1) is 11.9. The number of anilines is 1. The number of rotatable bonds is 3. The van der Waals surface area contributed by atoms with E-state index in [2.05, 4.69) is 4.90 Å². The maximum absolute atomic E-state index is 10.8. The normalized spacial score (nSPS) is 16.3. The van der Waals surface area contributed by atoms with Crippen molar-refractivity contribution >= 4 is 11.4 Å². The van der Waals surface area contributed by atoms with E-state index in [1.807, 2.05) is 6.92 Å². The Morgan fingerprint density at radius 3 is 2.65 bits per heavy atom. The van der Waals surface area contributed by atoms with Crippen molar-refractivity contribution in [1.29, 1.82) is 0 Å². The molecule has 5 nitrogen and oxygen atoms in total. The summed E-state index contributed by atoms with van der Waals surface area (Å²) in [7, 11) is 0. The fraction of sp³-hybridized carbons (Fsp3) is 0.500. The predicted octanol–water partition coefficient (Wildman–Crippen LogP) is 2.08. The summed E-state index contributed by atoms with van der Waals surface area (Å²) in [4.78, 5) is 12.7. The first-order valence-electron chi connectivity index (χ1n) is 5.84. The number of benzene rings is 1. The highest BCUT2D eigenvalue weighted by atomic mass is 16.6. The second-order valence-electron chi connectivity index (χ2n) is 4.53. The number of nitro groups is 1. The van der Waals surface area contributed by atoms with Crippen molar-refractivity contribution in [3.63, 3.8) is 0 Å². The predicted molar refractivity (Wildman–Crippen MR) is 66.8 cm³/mol. The van der Waals surface area contributed by atoms with Gasteiger partial charge in [-0.2, -0.15) is 0 Å². The third kappa shape index (κ3) is 2.39. The minimum absolute atomic E-state index is 0.0183. The molecule has 92 valence electrons. The van der Waals surface area contributed by atoms with Crippen molar-refractivity contribution in [2.75, 3.05) is 18.8 Å². The van der Waals surface area contributed by atoms with Gasteiger partial charge in [0.2, 0.25) is 0 Å². The molecule has 0 spiro atoms. The number of nitrogen functional groups attached to an aromatic ring is 1. The van der Waals surface area contributed by atoms with Crippen LogP contribution >= 0.6 is 0 Å². The van der Waals surface area contributed by atoms with Crippen LogP contribution in [0.5, 0.6) is 0 Å². The molecule has 0 aliphatic carbocycles. The van der Waals surface area contributed by atoms with E-state index in [9.17, 15) is 10.1 Å². The first-order valence-corrected chi connectivity index (χ1v) is 5.84. The number of nitrogens with two attached hydrogens (primary N) is 1. The molecule has 1 aromatic carbocycles. The summed E-state index contributed by atoms with van der Waals surface area (Å²) in [6.45, 7) is 4.79. The fourth-order valence-corrected chi connectivity index (χ4v) is 2.29. The van der Waals surface area contributed by atoms with Crippen LogP contribution in [0.2, 0.25) is 0 Å². The molecule has 1 heterocycles. The number of nitrogens with zero attached hydrogens (tertiary/aromatic N) is 2. The summed E-state index contributed by atoms with van der Waals surface area (Å²) in [6, 6.07) is 3.26. The van der Waals surface area contributed by atoms with Gasteiger partial charge < -0.3 is 5.73 Å². The Morgan fingerprint density at radius 2 is 2.06 bits per heavy atom. The van der Waals surface area contributed by atoms with Crippen LogP contribution in [0, 0.1) is 17.0 Å². The third-order valence-corrected chi connectivity index (χ3v) is 3.35. The maximum atomic E-state index is 10.8. The van der Waals surface area contributed by atoms with E-state index in [4.69, 9.17) is 5.73 Å². The number of hydrogen-bond donors (Lipinski definition) is 1. The Balaban J connectivity index is 2.30. The first-order chi connectivity index (χ1) is 8.09. The highest BCUT2D eigenvalue weighted by molar-refractivity contribution is 5.65. The van der Waals surface area contributed by atoms with E-state index in [1.165, 1.54) is 18.9 Å². The second-order valence-corrected chi connectivity index (χ2v) is 4.53. The molecule has 1 aromatic rings. The van der Waals surface area contributed by atoms with Crippen LogP contribution in [0.4, 0.5) is 11.4 Å². The SMILES string of the molecule is Cc1ccc([N+](=O)[O-])c(N)c1CN1CCCC1. The molecule has 0 unspecified atom stereocenters. The minimum Gasteiger partial charge on any atom is -0.393 e. The van der Waals surface area contributed by atoms with Crippen LogP contribution < -0.4 is 5.73 Å². The third-order valence-electron chi connectivity index (χ3n) is 3.35. The van der Waals surface area contributed by atoms with Gasteiger partial charge in [0.05, 0.1) is 4.92 Å². The van der Waals surface area contributed by atoms with Crippen LogP contribution in [0.1, 0.15) is 24.0 Å². The molecule has 1 aliphatic rings. The molecule has 5 heteroatoms. The second kappa shape index (κ2) is 4.71. The van der Waals surface area contributed by atoms with Gasteiger partial charge in [0, 0.05) is 12.6 Å². The van der Waals surface area contributed by atoms with Crippen molar-refractivity contribution in [2.24, 2.45) is 0 Å². The van der Waals surface area contributed by atoms with Crippen molar-refractivity contribution in [3.8, 4) is 0 Å². The zero-order valence-corrected chi connectivity index (χ0v) is 9.98. The summed E-state index contributed by atoms with van der Waals surface area (Å²) in [6.07, 6.45) is 2.40. The summed E-state index contributed by atoms with van der Waals surface area (Å²) < 4.78 is 0. The van der Waals surface area contributed by atoms with E-state index >= 15 is 0 Å². The molecule has 0 bridgehead atoms. The Labute approximate surface area is 100 Å². The lowest BCUT2D eigenvalue weighted by atomic mass is 10.0. The highest BCUT2D eigenvalue weighted by Gasteiger charge is 2.20. The molecule has 0 saturated carbocycles. The van der Waals surface area contributed by atoms with Crippen molar-refractivity contribution in [1.82, 2.24) is 4.90 Å². The minimum atomic E-state index is -0.414. The Bertz CT molecular complexity index is 440. The number of nitro benzene ring substituents is 1. The van der Waals surface area contributed by atoms with E-state index in [0.717, 1.165) is 30.8 Å². The standard InChI is InChI=1S/C12H17N3O2/c1-9-4-5-11(15(16)17)12(13)10(9)8-14-6-2-3-7-14/h4-5H,2-3,6-8,13H2,1H3. The van der Waals surface area contributed by atoms with Gasteiger partial charge in [-0.25, -0.2) is 0 Å². The van der Waals surface area contributed by atoms with Gasteiger partial charge in [-0.1, -0.05) is 6.07 Å². The fourth-order valence-electron chi connectivity index (χ4n) is 2.29. The van der Waals surface area contributed by atoms with E-state index in [0.29, 0.717) is 5.69 Å². The maximum Gasteiger partial charge on any atom is 0.292 e. The smallest absolute Gasteiger partial charge is 0.292 e. The van der Waals surface area contributed by atoms with Crippen LogP contribution in [0.3, 0.4) is 0 Å². The lowest BCUT2D eigenvalue weighted by molar-refractivity contribution is -0.384. The highest BCUT2D eigenvalue weighted by Crippen LogP contribution is 2.29. The summed E-state index contributed by atoms with van der Waals surface area (Å²) >= 11 is 0. The van der Waals surface area contributed by atoms with E-state index in [1.54, 1.807) is 6.07 Å². The van der Waals surface area contributed by atoms with Gasteiger partial charge >= 0.3 is 0 Å². The zero-order chi connectivity index (χ0) is 12.4. The van der Waals surface area contributed by atoms with Gasteiger partial charge in [-0.05, 0) is 44.0 Å². The molecule has 1 saturated heterocycles. The summed E-state index contributed by atoms with van der Waals surface area (Å²) in [5.41, 5.74) is 8.17. The number of hydrogen-bond acceptors (Lipinski definition) is 4. The van der Waals surface area contributed by atoms with Gasteiger partial charge in [0.25, 0.3) is 5.69 Å². The monoisotopic (exact) mass is 235 g/mol. The van der Waals surface area contributed by atoms with Gasteiger partial charge in [0.15, 0.2) is 0 Å². The molecule has 2 rings (SSSR count). The summed E-state index contributed by atoms with van der Waals surface area (Å²) in [5, 5.41) is 10.8.